The van der Waals surface area contributed by atoms with E-state index in [1.807, 2.05) is 30.3 Å². The fraction of sp³-hybridized carbons (Fsp3) is 0.292. The predicted octanol–water partition coefficient (Wildman–Crippen LogP) is 2.95. The summed E-state index contributed by atoms with van der Waals surface area (Å²) < 4.78 is 10.9. The van der Waals surface area contributed by atoms with Gasteiger partial charge in [-0.15, -0.1) is 0 Å². The number of methoxy groups -OCH3 is 1. The molecule has 2 N–H and O–H groups in total. The molecule has 31 heavy (non-hydrogen) atoms. The number of fused-ring (bicyclic) bond motifs is 1. The maximum Gasteiger partial charge on any atom is 0.356 e. The molecule has 160 valence electrons. The highest BCUT2D eigenvalue weighted by molar-refractivity contribution is 5.88. The van der Waals surface area contributed by atoms with Crippen molar-refractivity contribution in [3.8, 4) is 16.9 Å². The molecule has 7 heteroatoms. The number of carbonyl (C=O) groups is 1. The van der Waals surface area contributed by atoms with Crippen LogP contribution in [0.15, 0.2) is 61.1 Å². The molecule has 4 rings (SSSR count). The van der Waals surface area contributed by atoms with E-state index >= 15 is 0 Å². The van der Waals surface area contributed by atoms with Gasteiger partial charge in [0.2, 0.25) is 0 Å². The number of pyridine rings is 2. The van der Waals surface area contributed by atoms with Gasteiger partial charge in [0, 0.05) is 37.2 Å². The van der Waals surface area contributed by atoms with E-state index in [1.165, 1.54) is 7.11 Å². The number of ether oxygens (including phenoxy) is 2. The normalized spacial score (nSPS) is 16.1. The first-order valence-electron chi connectivity index (χ1n) is 10.3. The molecule has 0 spiro atoms. The van der Waals surface area contributed by atoms with Crippen LogP contribution in [0, 0.1) is 0 Å². The molecule has 3 heterocycles. The summed E-state index contributed by atoms with van der Waals surface area (Å²) >= 11 is 0. The third-order valence-electron chi connectivity index (χ3n) is 5.36. The van der Waals surface area contributed by atoms with E-state index in [-0.39, 0.29) is 11.8 Å². The Morgan fingerprint density at radius 3 is 2.94 bits per heavy atom. The van der Waals surface area contributed by atoms with Gasteiger partial charge in [0.25, 0.3) is 0 Å². The molecular weight excluding hydrogens is 394 g/mol. The Hall–Kier alpha value is -3.29. The summed E-state index contributed by atoms with van der Waals surface area (Å²) in [5.74, 6) is 0.420. The Bertz CT molecular complexity index is 1040. The lowest BCUT2D eigenvalue weighted by Gasteiger charge is -2.27. The van der Waals surface area contributed by atoms with Gasteiger partial charge in [-0.3, -0.25) is 4.98 Å². The van der Waals surface area contributed by atoms with Crippen LogP contribution in [0.5, 0.6) is 5.75 Å². The van der Waals surface area contributed by atoms with Gasteiger partial charge < -0.3 is 19.9 Å². The van der Waals surface area contributed by atoms with E-state index in [4.69, 9.17) is 9.47 Å². The lowest BCUT2D eigenvalue weighted by atomic mass is 9.97. The third kappa shape index (κ3) is 5.07. The van der Waals surface area contributed by atoms with E-state index in [0.29, 0.717) is 13.1 Å². The summed E-state index contributed by atoms with van der Waals surface area (Å²) in [4.78, 5) is 19.8. The minimum atomic E-state index is -0.595. The molecule has 0 aliphatic carbocycles. The number of esters is 1. The molecule has 7 nitrogen and oxygen atoms in total. The molecule has 2 atom stereocenters. The van der Waals surface area contributed by atoms with Gasteiger partial charge >= 0.3 is 5.97 Å². The van der Waals surface area contributed by atoms with Crippen molar-refractivity contribution in [2.45, 2.75) is 25.0 Å². The molecule has 2 aromatic heterocycles. The van der Waals surface area contributed by atoms with Crippen molar-refractivity contribution in [1.29, 1.82) is 0 Å². The first kappa shape index (κ1) is 21.0. The summed E-state index contributed by atoms with van der Waals surface area (Å²) in [7, 11) is 1.35. The Balaban J connectivity index is 1.36. The number of aryl methyl sites for hydroxylation is 1. The van der Waals surface area contributed by atoms with Crippen LogP contribution in [0.4, 0.5) is 0 Å². The van der Waals surface area contributed by atoms with Crippen LogP contribution < -0.4 is 10.1 Å². The number of carbonyl (C=O) groups excluding carboxylic acids is 1. The number of nitrogens with one attached hydrogen (secondary N) is 1. The molecule has 0 amide bonds. The maximum atomic E-state index is 11.7. The second-order valence-electron chi connectivity index (χ2n) is 7.48. The van der Waals surface area contributed by atoms with Crippen LogP contribution in [0.2, 0.25) is 0 Å². The van der Waals surface area contributed by atoms with Crippen LogP contribution in [0.1, 0.15) is 34.1 Å². The van der Waals surface area contributed by atoms with Crippen molar-refractivity contribution in [3.63, 3.8) is 0 Å². The molecule has 0 unspecified atom stereocenters. The summed E-state index contributed by atoms with van der Waals surface area (Å²) in [6, 6.07) is 13.3. The number of hydrogen-bond donors (Lipinski definition) is 2. The smallest absolute Gasteiger partial charge is 0.356 e. The monoisotopic (exact) mass is 419 g/mol. The molecule has 0 fully saturated rings. The first-order chi connectivity index (χ1) is 15.1. The zero-order valence-corrected chi connectivity index (χ0v) is 17.3. The first-order valence-corrected chi connectivity index (χ1v) is 10.3. The van der Waals surface area contributed by atoms with Gasteiger partial charge in [-0.25, -0.2) is 9.78 Å². The van der Waals surface area contributed by atoms with Gasteiger partial charge in [-0.05, 0) is 59.9 Å². The molecule has 0 saturated carbocycles. The number of hydrogen-bond acceptors (Lipinski definition) is 7. The van der Waals surface area contributed by atoms with E-state index in [2.05, 4.69) is 21.4 Å². The molecule has 0 saturated heterocycles. The highest BCUT2D eigenvalue weighted by Crippen LogP contribution is 2.32. The Morgan fingerprint density at radius 2 is 2.13 bits per heavy atom. The van der Waals surface area contributed by atoms with Crippen LogP contribution in [-0.2, 0) is 11.2 Å². The van der Waals surface area contributed by atoms with Gasteiger partial charge in [-0.2, -0.15) is 0 Å². The average molecular weight is 419 g/mol. The quantitative estimate of drug-likeness (QED) is 0.569. The minimum absolute atomic E-state index is 0.0475. The minimum Gasteiger partial charge on any atom is -0.489 e. The summed E-state index contributed by atoms with van der Waals surface area (Å²) in [6.07, 6.45) is 6.21. The molecule has 0 radical (unpaired) electrons. The Labute approximate surface area is 181 Å². The number of aliphatic hydroxyl groups is 1. The largest absolute Gasteiger partial charge is 0.489 e. The third-order valence-corrected chi connectivity index (χ3v) is 5.36. The van der Waals surface area contributed by atoms with Crippen molar-refractivity contribution in [3.05, 3.63) is 77.9 Å². The fourth-order valence-corrected chi connectivity index (χ4v) is 3.67. The van der Waals surface area contributed by atoms with Crippen molar-refractivity contribution in [1.82, 2.24) is 15.3 Å². The maximum absolute atomic E-state index is 11.7. The molecule has 0 bridgehead atoms. The number of benzene rings is 1. The van der Waals surface area contributed by atoms with Crippen molar-refractivity contribution in [2.75, 3.05) is 20.2 Å². The van der Waals surface area contributed by atoms with Crippen LogP contribution >= 0.6 is 0 Å². The number of rotatable bonds is 7. The lowest BCUT2D eigenvalue weighted by molar-refractivity contribution is 0.0594. The van der Waals surface area contributed by atoms with E-state index in [1.54, 1.807) is 24.7 Å². The Morgan fingerprint density at radius 1 is 1.26 bits per heavy atom. The topological polar surface area (TPSA) is 93.6 Å². The molecule has 3 aromatic rings. The van der Waals surface area contributed by atoms with Crippen molar-refractivity contribution < 1.29 is 19.4 Å². The summed E-state index contributed by atoms with van der Waals surface area (Å²) in [5.41, 5.74) is 4.13. The summed E-state index contributed by atoms with van der Waals surface area (Å²) in [5, 5.41) is 13.5. The number of aromatic nitrogens is 2. The van der Waals surface area contributed by atoms with Crippen molar-refractivity contribution >= 4 is 5.97 Å². The van der Waals surface area contributed by atoms with E-state index < -0.39 is 12.1 Å². The summed E-state index contributed by atoms with van der Waals surface area (Å²) in [6.45, 7) is 1.10. The molecular formula is C24H25N3O4. The van der Waals surface area contributed by atoms with Crippen LogP contribution in [0.3, 0.4) is 0 Å². The number of aliphatic hydroxyl groups excluding tert-OH is 1. The zero-order chi connectivity index (χ0) is 21.6. The highest BCUT2D eigenvalue weighted by Gasteiger charge is 2.21. The zero-order valence-electron chi connectivity index (χ0n) is 17.3. The van der Waals surface area contributed by atoms with Gasteiger partial charge in [0.15, 0.2) is 0 Å². The molecule has 1 aliphatic rings. The SMILES string of the molecule is COC(=O)c1cc(-c2ccc3c(c2)CC[C@H](CNC[C@@H](O)c2cccnc2)O3)ccn1. The van der Waals surface area contributed by atoms with Crippen LogP contribution in [0.25, 0.3) is 11.1 Å². The Kier molecular flexibility index (Phi) is 6.54. The molecule has 1 aromatic carbocycles. The predicted molar refractivity (Wildman–Crippen MR) is 116 cm³/mol. The van der Waals surface area contributed by atoms with Crippen molar-refractivity contribution in [2.24, 2.45) is 0 Å². The highest BCUT2D eigenvalue weighted by atomic mass is 16.5. The standard InChI is InChI=1S/C24H25N3O4/c1-30-24(29)21-12-17(8-10-27-21)16-5-7-23-18(11-16)4-6-20(31-23)14-26-15-22(28)19-3-2-9-25-13-19/h2-3,5,7-13,20,22,26,28H,4,6,14-15H2,1H3/t20-,22-/m1/s1. The van der Waals surface area contributed by atoms with Crippen LogP contribution in [-0.4, -0.2) is 47.3 Å². The van der Waals surface area contributed by atoms with E-state index in [9.17, 15) is 9.90 Å². The van der Waals surface area contributed by atoms with Gasteiger partial charge in [-0.1, -0.05) is 12.1 Å². The average Bonchev–Trinajstić information content (AvgIpc) is 2.83. The molecule has 1 aliphatic heterocycles. The second kappa shape index (κ2) is 9.68. The van der Waals surface area contributed by atoms with Gasteiger partial charge in [0.05, 0.1) is 13.2 Å². The lowest BCUT2D eigenvalue weighted by Crippen LogP contribution is -2.36. The fourth-order valence-electron chi connectivity index (χ4n) is 3.67. The second-order valence-corrected chi connectivity index (χ2v) is 7.48. The van der Waals surface area contributed by atoms with Gasteiger partial charge in [0.1, 0.15) is 17.5 Å². The van der Waals surface area contributed by atoms with E-state index in [0.717, 1.165) is 40.8 Å². The number of nitrogens with zero attached hydrogens (tertiary/aromatic N) is 2.